The zero-order chi connectivity index (χ0) is 8.97. The van der Waals surface area contributed by atoms with Gasteiger partial charge in [0.1, 0.15) is 0 Å². The third kappa shape index (κ3) is 1.73. The first-order valence-corrected chi connectivity index (χ1v) is 3.60. The van der Waals surface area contributed by atoms with E-state index in [1.807, 2.05) is 13.0 Å². The maximum Gasteiger partial charge on any atom is 0.241 e. The van der Waals surface area contributed by atoms with E-state index in [0.29, 0.717) is 12.4 Å². The van der Waals surface area contributed by atoms with Gasteiger partial charge in [0.25, 0.3) is 0 Å². The van der Waals surface area contributed by atoms with E-state index in [4.69, 9.17) is 11.3 Å². The molecule has 0 aromatic carbocycles. The molecule has 0 aliphatic rings. The molecule has 1 aromatic heterocycles. The highest BCUT2D eigenvalue weighted by Gasteiger charge is 2.01. The van der Waals surface area contributed by atoms with E-state index in [9.17, 15) is 0 Å². The summed E-state index contributed by atoms with van der Waals surface area (Å²) in [7, 11) is 1.59. The zero-order valence-electron chi connectivity index (χ0n) is 7.16. The number of ether oxygens (including phenoxy) is 1. The van der Waals surface area contributed by atoms with Gasteiger partial charge in [-0.15, -0.1) is 0 Å². The molecule has 0 spiro atoms. The van der Waals surface area contributed by atoms with E-state index in [2.05, 4.69) is 9.83 Å². The molecule has 0 saturated carbocycles. The normalized spacial score (nSPS) is 9.08. The number of hydrogen-bond acceptors (Lipinski definition) is 2. The van der Waals surface area contributed by atoms with Crippen molar-refractivity contribution in [2.24, 2.45) is 0 Å². The van der Waals surface area contributed by atoms with Crippen LogP contribution in [0.25, 0.3) is 4.85 Å². The Kier molecular flexibility index (Phi) is 2.65. The fourth-order valence-electron chi connectivity index (χ4n) is 1.01. The van der Waals surface area contributed by atoms with Crippen LogP contribution in [0.15, 0.2) is 12.3 Å². The molecule has 0 aliphatic carbocycles. The van der Waals surface area contributed by atoms with Gasteiger partial charge in [-0.05, 0) is 13.0 Å². The van der Waals surface area contributed by atoms with E-state index in [1.165, 1.54) is 0 Å². The summed E-state index contributed by atoms with van der Waals surface area (Å²) in [5.41, 5.74) is 1.90. The van der Waals surface area contributed by atoms with Crippen LogP contribution in [0.4, 0.5) is 0 Å². The topological polar surface area (TPSA) is 26.5 Å². The smallest absolute Gasteiger partial charge is 0.241 e. The van der Waals surface area contributed by atoms with Crippen LogP contribution in [-0.4, -0.2) is 12.1 Å². The number of hydrogen-bond donors (Lipinski definition) is 0. The molecule has 12 heavy (non-hydrogen) atoms. The van der Waals surface area contributed by atoms with Crippen LogP contribution in [0.3, 0.4) is 0 Å². The molecule has 0 amide bonds. The largest absolute Gasteiger partial charge is 0.481 e. The summed E-state index contributed by atoms with van der Waals surface area (Å²) >= 11 is 0. The lowest BCUT2D eigenvalue weighted by Crippen LogP contribution is -1.92. The van der Waals surface area contributed by atoms with Crippen LogP contribution >= 0.6 is 0 Å². The second-order valence-corrected chi connectivity index (χ2v) is 2.49. The Balaban J connectivity index is 2.95. The van der Waals surface area contributed by atoms with E-state index in [-0.39, 0.29) is 0 Å². The summed E-state index contributed by atoms with van der Waals surface area (Å²) in [5.74, 6) is 0.628. The number of pyridine rings is 1. The van der Waals surface area contributed by atoms with Crippen LogP contribution < -0.4 is 4.74 Å². The first kappa shape index (κ1) is 8.54. The minimum Gasteiger partial charge on any atom is -0.481 e. The van der Waals surface area contributed by atoms with Gasteiger partial charge in [-0.25, -0.2) is 11.6 Å². The van der Waals surface area contributed by atoms with Gasteiger partial charge >= 0.3 is 0 Å². The average molecular weight is 162 g/mol. The number of rotatable bonds is 2. The molecule has 0 atom stereocenters. The lowest BCUT2D eigenvalue weighted by Gasteiger charge is -2.02. The van der Waals surface area contributed by atoms with Crippen LogP contribution in [-0.2, 0) is 6.54 Å². The minimum absolute atomic E-state index is 0.387. The van der Waals surface area contributed by atoms with E-state index in [0.717, 1.165) is 11.1 Å². The molecule has 0 bridgehead atoms. The van der Waals surface area contributed by atoms with Crippen molar-refractivity contribution in [1.82, 2.24) is 4.98 Å². The van der Waals surface area contributed by atoms with E-state index < -0.39 is 0 Å². The molecule has 3 heteroatoms. The molecule has 0 aliphatic heterocycles. The number of aromatic nitrogens is 1. The fourth-order valence-corrected chi connectivity index (χ4v) is 1.01. The van der Waals surface area contributed by atoms with Gasteiger partial charge in [0, 0.05) is 17.3 Å². The molecular weight excluding hydrogens is 152 g/mol. The van der Waals surface area contributed by atoms with Gasteiger partial charge in [-0.1, -0.05) is 0 Å². The van der Waals surface area contributed by atoms with Crippen LogP contribution in [0, 0.1) is 13.5 Å². The first-order chi connectivity index (χ1) is 5.77. The Hall–Kier alpha value is -1.56. The Morgan fingerprint density at radius 3 is 2.92 bits per heavy atom. The predicted octanol–water partition coefficient (Wildman–Crippen LogP) is 1.82. The Bertz CT molecular complexity index is 315. The summed E-state index contributed by atoms with van der Waals surface area (Å²) in [6, 6.07) is 1.92. The number of methoxy groups -OCH3 is 1. The maximum atomic E-state index is 6.68. The fraction of sp³-hybridized carbons (Fsp3) is 0.333. The lowest BCUT2D eigenvalue weighted by molar-refractivity contribution is 0.394. The molecular formula is C9H10N2O. The van der Waals surface area contributed by atoms with Gasteiger partial charge in [0.15, 0.2) is 0 Å². The summed E-state index contributed by atoms with van der Waals surface area (Å²) in [4.78, 5) is 7.32. The van der Waals surface area contributed by atoms with Crippen LogP contribution in [0.1, 0.15) is 11.1 Å². The molecule has 0 N–H and O–H groups in total. The molecule has 3 nitrogen and oxygen atoms in total. The maximum absolute atomic E-state index is 6.68. The SMILES string of the molecule is [C-]#[N+]Cc1cnc(OC)c(C)c1. The first-order valence-electron chi connectivity index (χ1n) is 3.60. The van der Waals surface area contributed by atoms with Gasteiger partial charge in [0.05, 0.1) is 7.11 Å². The Morgan fingerprint density at radius 2 is 2.42 bits per heavy atom. The van der Waals surface area contributed by atoms with Crippen molar-refractivity contribution in [3.63, 3.8) is 0 Å². The summed E-state index contributed by atoms with van der Waals surface area (Å²) in [6.07, 6.45) is 1.67. The van der Waals surface area contributed by atoms with Crippen molar-refractivity contribution < 1.29 is 4.74 Å². The van der Waals surface area contributed by atoms with Gasteiger partial charge in [-0.2, -0.15) is 0 Å². The Labute approximate surface area is 71.8 Å². The highest BCUT2D eigenvalue weighted by Crippen LogP contribution is 2.14. The van der Waals surface area contributed by atoms with Crippen molar-refractivity contribution in [3.05, 3.63) is 34.8 Å². The third-order valence-electron chi connectivity index (χ3n) is 1.54. The molecule has 1 rings (SSSR count). The van der Waals surface area contributed by atoms with E-state index in [1.54, 1.807) is 13.3 Å². The van der Waals surface area contributed by atoms with Crippen LogP contribution in [0.2, 0.25) is 0 Å². The summed E-state index contributed by atoms with van der Waals surface area (Å²) in [6.45, 7) is 8.98. The van der Waals surface area contributed by atoms with Crippen LogP contribution in [0.5, 0.6) is 5.88 Å². The second-order valence-electron chi connectivity index (χ2n) is 2.49. The minimum atomic E-state index is 0.387. The highest BCUT2D eigenvalue weighted by atomic mass is 16.5. The molecule has 0 fully saturated rings. The lowest BCUT2D eigenvalue weighted by atomic mass is 10.2. The standard InChI is InChI=1S/C9H10N2O/c1-7-4-8(5-10-2)6-11-9(7)12-3/h4,6H,5H2,1,3H3. The number of nitrogens with zero attached hydrogens (tertiary/aromatic N) is 2. The van der Waals surface area contributed by atoms with Crippen molar-refractivity contribution in [2.75, 3.05) is 7.11 Å². The van der Waals surface area contributed by atoms with Crippen molar-refractivity contribution >= 4 is 0 Å². The molecule has 62 valence electrons. The molecule has 1 aromatic rings. The van der Waals surface area contributed by atoms with Crippen molar-refractivity contribution in [3.8, 4) is 5.88 Å². The average Bonchev–Trinajstić information content (AvgIpc) is 2.05. The molecule has 1 heterocycles. The molecule has 0 unspecified atom stereocenters. The van der Waals surface area contributed by atoms with Gasteiger partial charge in [0.2, 0.25) is 12.4 Å². The third-order valence-corrected chi connectivity index (χ3v) is 1.54. The van der Waals surface area contributed by atoms with Gasteiger partial charge < -0.3 is 9.58 Å². The number of aryl methyl sites for hydroxylation is 1. The molecule has 0 saturated heterocycles. The quantitative estimate of drug-likeness (QED) is 0.620. The molecule has 0 radical (unpaired) electrons. The summed E-state index contributed by atoms with van der Waals surface area (Å²) in [5, 5.41) is 0. The summed E-state index contributed by atoms with van der Waals surface area (Å²) < 4.78 is 4.99. The monoisotopic (exact) mass is 162 g/mol. The van der Waals surface area contributed by atoms with Crippen molar-refractivity contribution in [1.29, 1.82) is 0 Å². The predicted molar refractivity (Wildman–Crippen MR) is 45.8 cm³/mol. The highest BCUT2D eigenvalue weighted by molar-refractivity contribution is 5.28. The zero-order valence-corrected chi connectivity index (χ0v) is 7.16. The van der Waals surface area contributed by atoms with Crippen molar-refractivity contribution in [2.45, 2.75) is 13.5 Å². The van der Waals surface area contributed by atoms with Gasteiger partial charge in [-0.3, -0.25) is 0 Å². The second kappa shape index (κ2) is 3.72. The Morgan fingerprint density at radius 1 is 1.67 bits per heavy atom. The van der Waals surface area contributed by atoms with E-state index >= 15 is 0 Å².